The fourth-order valence-electron chi connectivity index (χ4n) is 2.32. The van der Waals surface area contributed by atoms with Crippen LogP contribution in [-0.2, 0) is 4.74 Å². The first kappa shape index (κ1) is 18.0. The fraction of sp³-hybridized carbons (Fsp3) is 0.625. The number of anilines is 1. The lowest BCUT2D eigenvalue weighted by atomic mass is 10.2. The second-order valence-corrected chi connectivity index (χ2v) is 6.04. The average Bonchev–Trinajstić information content (AvgIpc) is 2.60. The summed E-state index contributed by atoms with van der Waals surface area (Å²) in [5.74, 6) is 0.880. The smallest absolute Gasteiger partial charge is 0.409 e. The van der Waals surface area contributed by atoms with Crippen molar-refractivity contribution in [2.75, 3.05) is 44.2 Å². The van der Waals surface area contributed by atoms with Crippen LogP contribution in [0.5, 0.6) is 0 Å². The molecule has 8 nitrogen and oxygen atoms in total. The van der Waals surface area contributed by atoms with Crippen LogP contribution in [0.1, 0.15) is 31.3 Å². The highest BCUT2D eigenvalue weighted by atomic mass is 16.6. The Hall–Kier alpha value is -2.38. The first-order chi connectivity index (χ1) is 11.5. The molecule has 0 atom stereocenters. The van der Waals surface area contributed by atoms with Gasteiger partial charge in [-0.2, -0.15) is 0 Å². The van der Waals surface area contributed by atoms with Crippen LogP contribution in [0.4, 0.5) is 10.6 Å². The molecule has 2 rings (SSSR count). The number of nitrogens with one attached hydrogen (secondary N) is 1. The van der Waals surface area contributed by atoms with Crippen LogP contribution in [0.2, 0.25) is 0 Å². The predicted octanol–water partition coefficient (Wildman–Crippen LogP) is 1.14. The summed E-state index contributed by atoms with van der Waals surface area (Å²) in [7, 11) is 0. The number of rotatable bonds is 5. The van der Waals surface area contributed by atoms with E-state index in [2.05, 4.69) is 15.3 Å². The molecular formula is C16H25N5O3. The normalized spacial score (nSPS) is 14.7. The fourth-order valence-corrected chi connectivity index (χ4v) is 2.32. The van der Waals surface area contributed by atoms with Crippen molar-refractivity contribution in [3.63, 3.8) is 0 Å². The molecule has 1 fully saturated rings. The molecule has 2 amide bonds. The number of aromatic nitrogens is 2. The molecule has 0 radical (unpaired) electrons. The topological polar surface area (TPSA) is 87.7 Å². The van der Waals surface area contributed by atoms with E-state index in [9.17, 15) is 9.59 Å². The summed E-state index contributed by atoms with van der Waals surface area (Å²) in [6.07, 6.45) is 2.81. The van der Waals surface area contributed by atoms with Crippen LogP contribution in [-0.4, -0.2) is 66.2 Å². The van der Waals surface area contributed by atoms with Gasteiger partial charge in [-0.15, -0.1) is 0 Å². The van der Waals surface area contributed by atoms with Gasteiger partial charge >= 0.3 is 6.09 Å². The summed E-state index contributed by atoms with van der Waals surface area (Å²) in [6.45, 7) is 9.33. The second-order valence-electron chi connectivity index (χ2n) is 6.04. The van der Waals surface area contributed by atoms with Crippen molar-refractivity contribution in [2.45, 2.75) is 20.8 Å². The van der Waals surface area contributed by atoms with E-state index in [4.69, 9.17) is 4.74 Å². The van der Waals surface area contributed by atoms with E-state index in [0.29, 0.717) is 56.8 Å². The Kier molecular flexibility index (Phi) is 6.34. The Morgan fingerprint density at radius 1 is 1.21 bits per heavy atom. The zero-order chi connectivity index (χ0) is 17.5. The number of amides is 2. The molecule has 0 bridgehead atoms. The lowest BCUT2D eigenvalue weighted by molar-refractivity contribution is 0.0942. The van der Waals surface area contributed by atoms with E-state index in [1.165, 1.54) is 6.20 Å². The number of carbonyl (C=O) groups excluding carboxylic acids is 2. The van der Waals surface area contributed by atoms with Gasteiger partial charge in [0.15, 0.2) is 0 Å². The van der Waals surface area contributed by atoms with Gasteiger partial charge in [0.2, 0.25) is 0 Å². The molecule has 1 aromatic rings. The van der Waals surface area contributed by atoms with Crippen molar-refractivity contribution in [1.82, 2.24) is 20.2 Å². The molecule has 24 heavy (non-hydrogen) atoms. The Morgan fingerprint density at radius 3 is 2.46 bits per heavy atom. The van der Waals surface area contributed by atoms with Crippen LogP contribution in [0, 0.1) is 5.92 Å². The third kappa shape index (κ3) is 4.81. The van der Waals surface area contributed by atoms with Gasteiger partial charge in [-0.05, 0) is 12.8 Å². The number of nitrogens with zero attached hydrogens (tertiary/aromatic N) is 4. The zero-order valence-corrected chi connectivity index (χ0v) is 14.5. The minimum Gasteiger partial charge on any atom is -0.450 e. The average molecular weight is 335 g/mol. The Balaban J connectivity index is 1.88. The highest BCUT2D eigenvalue weighted by molar-refractivity contribution is 5.92. The number of carbonyl (C=O) groups is 2. The minimum atomic E-state index is -0.277. The van der Waals surface area contributed by atoms with Crippen LogP contribution in [0.3, 0.4) is 0 Å². The molecular weight excluding hydrogens is 310 g/mol. The van der Waals surface area contributed by atoms with Gasteiger partial charge in [0.25, 0.3) is 5.91 Å². The summed E-state index contributed by atoms with van der Waals surface area (Å²) in [5.41, 5.74) is 0.310. The van der Waals surface area contributed by atoms with E-state index < -0.39 is 0 Å². The third-order valence-corrected chi connectivity index (χ3v) is 3.67. The maximum absolute atomic E-state index is 11.9. The third-order valence-electron chi connectivity index (χ3n) is 3.67. The maximum atomic E-state index is 11.9. The van der Waals surface area contributed by atoms with E-state index in [-0.39, 0.29) is 12.0 Å². The molecule has 1 saturated heterocycles. The number of hydrogen-bond donors (Lipinski definition) is 1. The molecule has 0 aromatic carbocycles. The highest BCUT2D eigenvalue weighted by Crippen LogP contribution is 2.13. The van der Waals surface area contributed by atoms with Crippen LogP contribution in [0.25, 0.3) is 0 Å². The lowest BCUT2D eigenvalue weighted by Gasteiger charge is -2.34. The molecule has 0 saturated carbocycles. The SMILES string of the molecule is CCOC(=O)N1CCN(c2cnc(C(=O)NCC(C)C)cn2)CC1. The van der Waals surface area contributed by atoms with E-state index >= 15 is 0 Å². The quantitative estimate of drug-likeness (QED) is 0.868. The molecule has 1 aliphatic heterocycles. The minimum absolute atomic E-state index is 0.213. The van der Waals surface area contributed by atoms with Gasteiger partial charge in [-0.1, -0.05) is 13.8 Å². The molecule has 132 valence electrons. The van der Waals surface area contributed by atoms with Gasteiger partial charge < -0.3 is 19.9 Å². The first-order valence-electron chi connectivity index (χ1n) is 8.28. The molecule has 1 aromatic heterocycles. The van der Waals surface area contributed by atoms with Crippen molar-refractivity contribution in [2.24, 2.45) is 5.92 Å². The number of piperazine rings is 1. The lowest BCUT2D eigenvalue weighted by Crippen LogP contribution is -2.49. The van der Waals surface area contributed by atoms with E-state index in [1.54, 1.807) is 18.0 Å². The molecule has 0 aliphatic carbocycles. The predicted molar refractivity (Wildman–Crippen MR) is 90.0 cm³/mol. The standard InChI is InChI=1S/C16H25N5O3/c1-4-24-16(23)21-7-5-20(6-8-21)14-11-17-13(10-18-14)15(22)19-9-12(2)3/h10-12H,4-9H2,1-3H3,(H,19,22). The highest BCUT2D eigenvalue weighted by Gasteiger charge is 2.23. The van der Waals surface area contributed by atoms with Crippen molar-refractivity contribution in [3.05, 3.63) is 18.1 Å². The van der Waals surface area contributed by atoms with Crippen LogP contribution < -0.4 is 10.2 Å². The summed E-state index contributed by atoms with van der Waals surface area (Å²) >= 11 is 0. The van der Waals surface area contributed by atoms with Gasteiger partial charge in [0.1, 0.15) is 11.5 Å². The Labute approximate surface area is 142 Å². The van der Waals surface area contributed by atoms with Crippen LogP contribution in [0.15, 0.2) is 12.4 Å². The van der Waals surface area contributed by atoms with Crippen LogP contribution >= 0.6 is 0 Å². The first-order valence-corrected chi connectivity index (χ1v) is 8.28. The molecule has 0 unspecified atom stereocenters. The Bertz CT molecular complexity index is 553. The van der Waals surface area contributed by atoms with Gasteiger partial charge in [0, 0.05) is 32.7 Å². The number of hydrogen-bond acceptors (Lipinski definition) is 6. The Morgan fingerprint density at radius 2 is 1.92 bits per heavy atom. The summed E-state index contributed by atoms with van der Waals surface area (Å²) in [5, 5.41) is 2.81. The van der Waals surface area contributed by atoms with E-state index in [1.807, 2.05) is 18.7 Å². The molecule has 0 spiro atoms. The van der Waals surface area contributed by atoms with Gasteiger partial charge in [-0.3, -0.25) is 4.79 Å². The molecule has 1 N–H and O–H groups in total. The monoisotopic (exact) mass is 335 g/mol. The van der Waals surface area contributed by atoms with Crippen molar-refractivity contribution >= 4 is 17.8 Å². The summed E-state index contributed by atoms with van der Waals surface area (Å²) in [4.78, 5) is 35.9. The van der Waals surface area contributed by atoms with E-state index in [0.717, 1.165) is 0 Å². The summed E-state index contributed by atoms with van der Waals surface area (Å²) < 4.78 is 5.00. The molecule has 1 aliphatic rings. The van der Waals surface area contributed by atoms with Gasteiger partial charge in [-0.25, -0.2) is 14.8 Å². The van der Waals surface area contributed by atoms with Crippen molar-refractivity contribution < 1.29 is 14.3 Å². The molecule has 8 heteroatoms. The second kappa shape index (κ2) is 8.47. The number of ether oxygens (including phenoxy) is 1. The summed E-state index contributed by atoms with van der Waals surface area (Å²) in [6, 6.07) is 0. The molecule has 2 heterocycles. The zero-order valence-electron chi connectivity index (χ0n) is 14.5. The maximum Gasteiger partial charge on any atom is 0.409 e. The largest absolute Gasteiger partial charge is 0.450 e. The van der Waals surface area contributed by atoms with Crippen molar-refractivity contribution in [3.8, 4) is 0 Å². The van der Waals surface area contributed by atoms with Crippen molar-refractivity contribution in [1.29, 1.82) is 0 Å². The van der Waals surface area contributed by atoms with Gasteiger partial charge in [0.05, 0.1) is 19.0 Å².